The van der Waals surface area contributed by atoms with E-state index in [-0.39, 0.29) is 0 Å². The molecule has 0 aliphatic heterocycles. The molecule has 2 aliphatic carbocycles. The smallest absolute Gasteiger partial charge is 0.0489 e. The zero-order chi connectivity index (χ0) is 11.4. The van der Waals surface area contributed by atoms with Crippen LogP contribution in [0.25, 0.3) is 0 Å². The molecule has 94 valence electrons. The molecular formula is C15H28O. The highest BCUT2D eigenvalue weighted by molar-refractivity contribution is 4.88. The fourth-order valence-corrected chi connectivity index (χ4v) is 4.06. The van der Waals surface area contributed by atoms with Crippen LogP contribution in [0.15, 0.2) is 0 Å². The Morgan fingerprint density at radius 2 is 1.69 bits per heavy atom. The van der Waals surface area contributed by atoms with Gasteiger partial charge in [0.25, 0.3) is 0 Å². The quantitative estimate of drug-likeness (QED) is 0.760. The largest absolute Gasteiger partial charge is 0.396 e. The molecule has 2 saturated carbocycles. The van der Waals surface area contributed by atoms with Crippen molar-refractivity contribution in [1.29, 1.82) is 0 Å². The first-order valence-electron chi connectivity index (χ1n) is 7.38. The summed E-state index contributed by atoms with van der Waals surface area (Å²) in [6, 6.07) is 0. The van der Waals surface area contributed by atoms with Gasteiger partial charge in [-0.25, -0.2) is 0 Å². The standard InChI is InChI=1S/C15H28O/c1-13(11-14-7-3-4-8-14)15(12-16)9-5-2-6-10-15/h13-14,16H,2-12H2,1H3. The Hall–Kier alpha value is -0.0400. The minimum atomic E-state index is 0.292. The lowest BCUT2D eigenvalue weighted by Gasteiger charge is -2.42. The third kappa shape index (κ3) is 2.61. The highest BCUT2D eigenvalue weighted by Gasteiger charge is 2.37. The van der Waals surface area contributed by atoms with E-state index in [1.165, 1.54) is 64.2 Å². The molecule has 2 rings (SSSR count). The molecule has 1 heteroatoms. The summed E-state index contributed by atoms with van der Waals surface area (Å²) >= 11 is 0. The van der Waals surface area contributed by atoms with Gasteiger partial charge in [-0.2, -0.15) is 0 Å². The van der Waals surface area contributed by atoms with Gasteiger partial charge in [-0.1, -0.05) is 51.9 Å². The van der Waals surface area contributed by atoms with Crippen LogP contribution in [0.2, 0.25) is 0 Å². The Balaban J connectivity index is 1.91. The highest BCUT2D eigenvalue weighted by Crippen LogP contribution is 2.46. The second-order valence-corrected chi connectivity index (χ2v) is 6.37. The van der Waals surface area contributed by atoms with E-state index >= 15 is 0 Å². The van der Waals surface area contributed by atoms with Crippen LogP contribution in [0.1, 0.15) is 71.1 Å². The van der Waals surface area contributed by atoms with Crippen molar-refractivity contribution in [2.75, 3.05) is 6.61 Å². The second-order valence-electron chi connectivity index (χ2n) is 6.37. The first-order valence-corrected chi connectivity index (χ1v) is 7.38. The Morgan fingerprint density at radius 1 is 1.06 bits per heavy atom. The second kappa shape index (κ2) is 5.53. The van der Waals surface area contributed by atoms with E-state index in [1.54, 1.807) is 0 Å². The van der Waals surface area contributed by atoms with Crippen molar-refractivity contribution >= 4 is 0 Å². The predicted octanol–water partition coefficient (Wildman–Crippen LogP) is 4.15. The summed E-state index contributed by atoms with van der Waals surface area (Å²) in [6.45, 7) is 2.83. The number of hydrogen-bond donors (Lipinski definition) is 1. The lowest BCUT2D eigenvalue weighted by atomic mass is 9.64. The van der Waals surface area contributed by atoms with Crippen LogP contribution in [0.4, 0.5) is 0 Å². The summed E-state index contributed by atoms with van der Waals surface area (Å²) in [5, 5.41) is 9.79. The Bertz CT molecular complexity index is 199. The van der Waals surface area contributed by atoms with E-state index in [4.69, 9.17) is 0 Å². The summed E-state index contributed by atoms with van der Waals surface area (Å²) in [6.07, 6.45) is 13.8. The molecular weight excluding hydrogens is 196 g/mol. The zero-order valence-electron chi connectivity index (χ0n) is 10.9. The van der Waals surface area contributed by atoms with Crippen molar-refractivity contribution in [2.45, 2.75) is 71.1 Å². The summed E-state index contributed by atoms with van der Waals surface area (Å²) in [5.41, 5.74) is 0.292. The lowest BCUT2D eigenvalue weighted by Crippen LogP contribution is -2.36. The maximum Gasteiger partial charge on any atom is 0.0489 e. The zero-order valence-corrected chi connectivity index (χ0v) is 10.9. The number of rotatable bonds is 4. The molecule has 0 aromatic heterocycles. The molecule has 0 aromatic carbocycles. The van der Waals surface area contributed by atoms with Crippen LogP contribution in [-0.4, -0.2) is 11.7 Å². The molecule has 0 amide bonds. The molecule has 1 atom stereocenters. The summed E-state index contributed by atoms with van der Waals surface area (Å²) in [5.74, 6) is 1.71. The van der Waals surface area contributed by atoms with E-state index in [0.717, 1.165) is 11.8 Å². The van der Waals surface area contributed by atoms with Gasteiger partial charge in [0.05, 0.1) is 0 Å². The van der Waals surface area contributed by atoms with Crippen molar-refractivity contribution < 1.29 is 5.11 Å². The average molecular weight is 224 g/mol. The van der Waals surface area contributed by atoms with Gasteiger partial charge >= 0.3 is 0 Å². The first kappa shape index (κ1) is 12.4. The summed E-state index contributed by atoms with van der Waals surface area (Å²) in [7, 11) is 0. The third-order valence-electron chi connectivity index (χ3n) is 5.37. The predicted molar refractivity (Wildman–Crippen MR) is 68.3 cm³/mol. The van der Waals surface area contributed by atoms with Gasteiger partial charge in [0, 0.05) is 6.61 Å². The van der Waals surface area contributed by atoms with Crippen LogP contribution in [-0.2, 0) is 0 Å². The van der Waals surface area contributed by atoms with Crippen molar-refractivity contribution in [3.63, 3.8) is 0 Å². The first-order chi connectivity index (χ1) is 7.77. The van der Waals surface area contributed by atoms with E-state index in [9.17, 15) is 5.11 Å². The minimum Gasteiger partial charge on any atom is -0.396 e. The van der Waals surface area contributed by atoms with E-state index in [0.29, 0.717) is 12.0 Å². The van der Waals surface area contributed by atoms with Crippen LogP contribution in [0, 0.1) is 17.3 Å². The van der Waals surface area contributed by atoms with Crippen LogP contribution in [0.3, 0.4) is 0 Å². The highest BCUT2D eigenvalue weighted by atomic mass is 16.3. The molecule has 2 aliphatic rings. The van der Waals surface area contributed by atoms with Crippen LogP contribution >= 0.6 is 0 Å². The van der Waals surface area contributed by atoms with E-state index in [2.05, 4.69) is 6.92 Å². The molecule has 1 nitrogen and oxygen atoms in total. The molecule has 0 bridgehead atoms. The molecule has 2 fully saturated rings. The summed E-state index contributed by atoms with van der Waals surface area (Å²) < 4.78 is 0. The average Bonchev–Trinajstić information content (AvgIpc) is 2.82. The number of hydrogen-bond acceptors (Lipinski definition) is 1. The number of aliphatic hydroxyl groups is 1. The van der Waals surface area contributed by atoms with E-state index < -0.39 is 0 Å². The Morgan fingerprint density at radius 3 is 2.25 bits per heavy atom. The molecule has 0 aromatic rings. The van der Waals surface area contributed by atoms with Gasteiger partial charge in [0.1, 0.15) is 0 Å². The molecule has 16 heavy (non-hydrogen) atoms. The lowest BCUT2D eigenvalue weighted by molar-refractivity contribution is 0.0203. The van der Waals surface area contributed by atoms with E-state index in [1.807, 2.05) is 0 Å². The molecule has 1 N–H and O–H groups in total. The molecule has 0 radical (unpaired) electrons. The maximum atomic E-state index is 9.79. The van der Waals surface area contributed by atoms with Gasteiger partial charge in [-0.3, -0.25) is 0 Å². The molecule has 0 spiro atoms. The van der Waals surface area contributed by atoms with Gasteiger partial charge in [0.2, 0.25) is 0 Å². The van der Waals surface area contributed by atoms with Crippen molar-refractivity contribution in [3.8, 4) is 0 Å². The topological polar surface area (TPSA) is 20.2 Å². The van der Waals surface area contributed by atoms with Gasteiger partial charge in [0.15, 0.2) is 0 Å². The van der Waals surface area contributed by atoms with Crippen LogP contribution in [0.5, 0.6) is 0 Å². The van der Waals surface area contributed by atoms with Crippen LogP contribution < -0.4 is 0 Å². The number of aliphatic hydroxyl groups excluding tert-OH is 1. The monoisotopic (exact) mass is 224 g/mol. The molecule has 1 unspecified atom stereocenters. The van der Waals surface area contributed by atoms with Gasteiger partial charge < -0.3 is 5.11 Å². The van der Waals surface area contributed by atoms with Gasteiger partial charge in [-0.05, 0) is 36.5 Å². The van der Waals surface area contributed by atoms with Crippen molar-refractivity contribution in [3.05, 3.63) is 0 Å². The fraction of sp³-hybridized carbons (Fsp3) is 1.00. The fourth-order valence-electron chi connectivity index (χ4n) is 4.06. The Kier molecular flexibility index (Phi) is 4.29. The third-order valence-corrected chi connectivity index (χ3v) is 5.37. The summed E-state index contributed by atoms with van der Waals surface area (Å²) in [4.78, 5) is 0. The van der Waals surface area contributed by atoms with Gasteiger partial charge in [-0.15, -0.1) is 0 Å². The minimum absolute atomic E-state index is 0.292. The SMILES string of the molecule is CC(CC1CCCC1)C1(CO)CCCCC1. The molecule has 0 heterocycles. The maximum absolute atomic E-state index is 9.79. The normalized spacial score (nSPS) is 28.1. The van der Waals surface area contributed by atoms with Crippen molar-refractivity contribution in [1.82, 2.24) is 0 Å². The molecule has 0 saturated heterocycles. The van der Waals surface area contributed by atoms with Crippen molar-refractivity contribution in [2.24, 2.45) is 17.3 Å². The Labute approximate surface area is 101 Å².